The number of likely N-dealkylation sites (tertiary alicyclic amines) is 1. The molecule has 1 fully saturated rings. The molecule has 5 heteroatoms. The quantitative estimate of drug-likeness (QED) is 0.807. The summed E-state index contributed by atoms with van der Waals surface area (Å²) in [4.78, 5) is 13.8. The Morgan fingerprint density at radius 3 is 2.45 bits per heavy atom. The molecular weight excluding hydrogens is 298 g/mol. The van der Waals surface area contributed by atoms with E-state index in [0.717, 1.165) is 24.8 Å². The molecular formula is C17H25NO3S. The zero-order valence-corrected chi connectivity index (χ0v) is 14.0. The van der Waals surface area contributed by atoms with Gasteiger partial charge in [-0.15, -0.1) is 0 Å². The first-order chi connectivity index (χ1) is 10.5. The summed E-state index contributed by atoms with van der Waals surface area (Å²) < 4.78 is 24.2. The minimum Gasteiger partial charge on any atom is -0.342 e. The lowest BCUT2D eigenvalue weighted by Crippen LogP contribution is -2.41. The number of aryl methyl sites for hydroxylation is 1. The first-order valence-electron chi connectivity index (χ1n) is 7.98. The van der Waals surface area contributed by atoms with Crippen LogP contribution in [0.25, 0.3) is 0 Å². The molecule has 1 heterocycles. The van der Waals surface area contributed by atoms with Crippen LogP contribution in [-0.4, -0.2) is 43.8 Å². The van der Waals surface area contributed by atoms with Gasteiger partial charge in [-0.05, 0) is 37.2 Å². The van der Waals surface area contributed by atoms with Gasteiger partial charge < -0.3 is 4.90 Å². The summed E-state index contributed by atoms with van der Waals surface area (Å²) in [5.41, 5.74) is 1.13. The zero-order valence-electron chi connectivity index (χ0n) is 13.2. The van der Waals surface area contributed by atoms with E-state index in [-0.39, 0.29) is 17.4 Å². The number of hydrogen-bond acceptors (Lipinski definition) is 3. The van der Waals surface area contributed by atoms with Gasteiger partial charge in [0, 0.05) is 13.1 Å². The molecule has 0 unspecified atom stereocenters. The highest BCUT2D eigenvalue weighted by atomic mass is 32.2. The van der Waals surface area contributed by atoms with Crippen molar-refractivity contribution in [1.82, 2.24) is 4.90 Å². The van der Waals surface area contributed by atoms with Crippen LogP contribution in [0.1, 0.15) is 31.7 Å². The fraction of sp³-hybridized carbons (Fsp3) is 0.588. The Hall–Kier alpha value is -1.36. The molecule has 0 atom stereocenters. The van der Waals surface area contributed by atoms with Crippen LogP contribution in [0.4, 0.5) is 0 Å². The highest BCUT2D eigenvalue weighted by Crippen LogP contribution is 2.16. The van der Waals surface area contributed by atoms with Crippen molar-refractivity contribution in [2.24, 2.45) is 5.92 Å². The first kappa shape index (κ1) is 17.0. The molecule has 1 aromatic rings. The Bertz CT molecular complexity index is 575. The summed E-state index contributed by atoms with van der Waals surface area (Å²) in [6.07, 6.45) is 3.24. The molecule has 122 valence electrons. The number of carbonyl (C=O) groups excluding carboxylic acids is 1. The molecule has 0 aromatic heterocycles. The standard InChI is InChI=1S/C17H25NO3S/c1-15-9-11-18(12-10-15)17(19)14-22(20,21)13-5-8-16-6-3-2-4-7-16/h2-4,6-7,15H,5,8-14H2,1H3. The molecule has 4 nitrogen and oxygen atoms in total. The Kier molecular flexibility index (Phi) is 6.00. The van der Waals surface area contributed by atoms with Gasteiger partial charge in [0.15, 0.2) is 9.84 Å². The summed E-state index contributed by atoms with van der Waals surface area (Å²) >= 11 is 0. The number of nitrogens with zero attached hydrogens (tertiary/aromatic N) is 1. The second-order valence-corrected chi connectivity index (χ2v) is 8.43. The second kappa shape index (κ2) is 7.77. The Balaban J connectivity index is 1.77. The lowest BCUT2D eigenvalue weighted by molar-refractivity contribution is -0.129. The Morgan fingerprint density at radius 2 is 1.82 bits per heavy atom. The maximum atomic E-state index is 12.1. The van der Waals surface area contributed by atoms with E-state index >= 15 is 0 Å². The van der Waals surface area contributed by atoms with Crippen molar-refractivity contribution in [2.45, 2.75) is 32.6 Å². The molecule has 0 aliphatic carbocycles. The zero-order chi connectivity index (χ0) is 16.0. The minimum absolute atomic E-state index is 0.0812. The summed E-state index contributed by atoms with van der Waals surface area (Å²) in [6, 6.07) is 9.83. The maximum absolute atomic E-state index is 12.1. The van der Waals surface area contributed by atoms with E-state index in [4.69, 9.17) is 0 Å². The highest BCUT2D eigenvalue weighted by Gasteiger charge is 2.24. The van der Waals surface area contributed by atoms with Crippen LogP contribution in [0.2, 0.25) is 0 Å². The number of amides is 1. The van der Waals surface area contributed by atoms with Crippen LogP contribution in [0.5, 0.6) is 0 Å². The molecule has 0 radical (unpaired) electrons. The molecule has 1 aliphatic rings. The fourth-order valence-electron chi connectivity index (χ4n) is 2.75. The minimum atomic E-state index is -3.31. The van der Waals surface area contributed by atoms with Gasteiger partial charge >= 0.3 is 0 Å². The normalized spacial score (nSPS) is 16.7. The van der Waals surface area contributed by atoms with Crippen LogP contribution in [-0.2, 0) is 21.1 Å². The Labute approximate surface area is 133 Å². The summed E-state index contributed by atoms with van der Waals surface area (Å²) in [5.74, 6) is 0.145. The lowest BCUT2D eigenvalue weighted by atomic mass is 9.99. The van der Waals surface area contributed by atoms with E-state index < -0.39 is 9.84 Å². The van der Waals surface area contributed by atoms with Crippen LogP contribution >= 0.6 is 0 Å². The van der Waals surface area contributed by atoms with Crippen molar-refractivity contribution in [2.75, 3.05) is 24.6 Å². The van der Waals surface area contributed by atoms with Crippen molar-refractivity contribution in [3.05, 3.63) is 35.9 Å². The average molecular weight is 323 g/mol. The number of hydrogen-bond donors (Lipinski definition) is 0. The molecule has 0 bridgehead atoms. The van der Waals surface area contributed by atoms with E-state index in [1.165, 1.54) is 0 Å². The number of piperidine rings is 1. The molecule has 22 heavy (non-hydrogen) atoms. The first-order valence-corrected chi connectivity index (χ1v) is 9.80. The monoisotopic (exact) mass is 323 g/mol. The van der Waals surface area contributed by atoms with Crippen LogP contribution in [0.15, 0.2) is 30.3 Å². The van der Waals surface area contributed by atoms with Crippen LogP contribution in [0.3, 0.4) is 0 Å². The van der Waals surface area contributed by atoms with E-state index in [9.17, 15) is 13.2 Å². The van der Waals surface area contributed by atoms with E-state index in [1.54, 1.807) is 4.90 Å². The summed E-state index contributed by atoms with van der Waals surface area (Å²) in [7, 11) is -3.31. The molecule has 2 rings (SSSR count). The summed E-state index contributed by atoms with van der Waals surface area (Å²) in [5, 5.41) is 0. The van der Waals surface area contributed by atoms with Gasteiger partial charge in [0.1, 0.15) is 5.75 Å². The van der Waals surface area contributed by atoms with Gasteiger partial charge in [0.2, 0.25) is 5.91 Å². The van der Waals surface area contributed by atoms with Gasteiger partial charge in [0.05, 0.1) is 5.75 Å². The Morgan fingerprint density at radius 1 is 1.18 bits per heavy atom. The molecule has 1 aliphatic heterocycles. The fourth-order valence-corrected chi connectivity index (χ4v) is 4.04. The number of rotatable bonds is 6. The average Bonchev–Trinajstić information content (AvgIpc) is 2.48. The summed E-state index contributed by atoms with van der Waals surface area (Å²) in [6.45, 7) is 3.56. The third-order valence-electron chi connectivity index (χ3n) is 4.24. The molecule has 1 saturated heterocycles. The lowest BCUT2D eigenvalue weighted by Gasteiger charge is -2.30. The molecule has 0 N–H and O–H groups in total. The van der Waals surface area contributed by atoms with Gasteiger partial charge in [0.25, 0.3) is 0 Å². The third-order valence-corrected chi connectivity index (χ3v) is 5.84. The number of sulfone groups is 1. The topological polar surface area (TPSA) is 54.5 Å². The highest BCUT2D eigenvalue weighted by molar-refractivity contribution is 7.92. The van der Waals surface area contributed by atoms with Crippen molar-refractivity contribution >= 4 is 15.7 Å². The SMILES string of the molecule is CC1CCN(C(=O)CS(=O)(=O)CCCc2ccccc2)CC1. The van der Waals surface area contributed by atoms with E-state index in [0.29, 0.717) is 25.4 Å². The molecule has 0 saturated carbocycles. The van der Waals surface area contributed by atoms with Gasteiger partial charge in [-0.2, -0.15) is 0 Å². The number of carbonyl (C=O) groups is 1. The third kappa shape index (κ3) is 5.44. The van der Waals surface area contributed by atoms with Gasteiger partial charge in [-0.3, -0.25) is 4.79 Å². The van der Waals surface area contributed by atoms with E-state index in [2.05, 4.69) is 6.92 Å². The second-order valence-electron chi connectivity index (χ2n) is 6.24. The van der Waals surface area contributed by atoms with Crippen LogP contribution in [0, 0.1) is 5.92 Å². The molecule has 0 spiro atoms. The van der Waals surface area contributed by atoms with Crippen LogP contribution < -0.4 is 0 Å². The van der Waals surface area contributed by atoms with Crippen molar-refractivity contribution in [3.63, 3.8) is 0 Å². The predicted molar refractivity (Wildman–Crippen MR) is 88.4 cm³/mol. The predicted octanol–water partition coefficient (Wildman–Crippen LogP) is 2.29. The molecule has 1 amide bonds. The maximum Gasteiger partial charge on any atom is 0.237 e. The smallest absolute Gasteiger partial charge is 0.237 e. The number of benzene rings is 1. The van der Waals surface area contributed by atoms with E-state index in [1.807, 2.05) is 30.3 Å². The van der Waals surface area contributed by atoms with Gasteiger partial charge in [-0.25, -0.2) is 8.42 Å². The largest absolute Gasteiger partial charge is 0.342 e. The van der Waals surface area contributed by atoms with Crippen molar-refractivity contribution < 1.29 is 13.2 Å². The van der Waals surface area contributed by atoms with Crippen molar-refractivity contribution in [1.29, 1.82) is 0 Å². The molecule has 1 aromatic carbocycles. The van der Waals surface area contributed by atoms with Crippen molar-refractivity contribution in [3.8, 4) is 0 Å². The van der Waals surface area contributed by atoms with Gasteiger partial charge in [-0.1, -0.05) is 37.3 Å².